The van der Waals surface area contributed by atoms with Gasteiger partial charge < -0.3 is 25.0 Å². The number of likely N-dealkylation sites (tertiary alicyclic amines) is 1. The number of hydrogen-bond acceptors (Lipinski definition) is 6. The number of aliphatic carboxylic acids is 1. The van der Waals surface area contributed by atoms with Crippen molar-refractivity contribution in [3.63, 3.8) is 0 Å². The lowest BCUT2D eigenvalue weighted by Crippen LogP contribution is -2.35. The maximum Gasteiger partial charge on any atom is 0.490 e. The number of nitrogens with two attached hydrogens (primary N) is 1. The van der Waals surface area contributed by atoms with Gasteiger partial charge in [-0.2, -0.15) is 44.5 Å². The number of nitrogens with zero attached hydrogens (tertiary/aromatic N) is 3. The number of alkyl halides is 9. The highest BCUT2D eigenvalue weighted by Crippen LogP contribution is 2.39. The lowest BCUT2D eigenvalue weighted by molar-refractivity contribution is -0.192. The zero-order valence-corrected chi connectivity index (χ0v) is 22.1. The van der Waals surface area contributed by atoms with Crippen molar-refractivity contribution in [2.45, 2.75) is 37.4 Å². The molecule has 0 amide bonds. The minimum absolute atomic E-state index is 0.0512. The van der Waals surface area contributed by atoms with Gasteiger partial charge in [-0.25, -0.2) is 4.79 Å². The number of hydrogen-bond donors (Lipinski definition) is 3. The third-order valence-electron chi connectivity index (χ3n) is 5.96. The lowest BCUT2D eigenvalue weighted by atomic mass is 10.1. The Labute approximate surface area is 242 Å². The predicted molar refractivity (Wildman–Crippen MR) is 135 cm³/mol. The summed E-state index contributed by atoms with van der Waals surface area (Å²) in [5.41, 5.74) is 4.20. The number of carboxylic acids is 1. The minimum Gasteiger partial charge on any atom is -0.489 e. The Hall–Kier alpha value is -4.77. The molecule has 9 nitrogen and oxygen atoms in total. The van der Waals surface area contributed by atoms with Crippen molar-refractivity contribution in [3.05, 3.63) is 71.1 Å². The van der Waals surface area contributed by atoms with Crippen molar-refractivity contribution in [2.24, 2.45) is 5.73 Å². The molecule has 1 atom stereocenters. The van der Waals surface area contributed by atoms with Crippen LogP contribution in [-0.4, -0.2) is 51.4 Å². The van der Waals surface area contributed by atoms with Gasteiger partial charge in [0.1, 0.15) is 18.4 Å². The van der Waals surface area contributed by atoms with Crippen molar-refractivity contribution in [2.75, 3.05) is 13.2 Å². The maximum absolute atomic E-state index is 13.7. The molecular formula is C26H22F9N5O4. The molecule has 2 heterocycles. The van der Waals surface area contributed by atoms with E-state index in [0.29, 0.717) is 18.5 Å². The van der Waals surface area contributed by atoms with E-state index in [-0.39, 0.29) is 29.8 Å². The number of benzene rings is 2. The molecule has 4 rings (SSSR count). The van der Waals surface area contributed by atoms with E-state index < -0.39 is 47.4 Å². The third kappa shape index (κ3) is 8.87. The van der Waals surface area contributed by atoms with Gasteiger partial charge in [-0.15, -0.1) is 0 Å². The number of carbonyl (C=O) groups is 1. The van der Waals surface area contributed by atoms with Crippen LogP contribution in [0.1, 0.15) is 41.5 Å². The lowest BCUT2D eigenvalue weighted by Gasteiger charge is -2.21. The van der Waals surface area contributed by atoms with Crippen LogP contribution in [0.3, 0.4) is 0 Å². The molecule has 2 aromatic carbocycles. The fourth-order valence-corrected chi connectivity index (χ4v) is 3.92. The summed E-state index contributed by atoms with van der Waals surface area (Å²) in [4.78, 5) is 14.7. The zero-order valence-electron chi connectivity index (χ0n) is 22.1. The highest BCUT2D eigenvalue weighted by Gasteiger charge is 2.38. The van der Waals surface area contributed by atoms with Crippen LogP contribution in [0.25, 0.3) is 17.5 Å². The molecular weight excluding hydrogens is 617 g/mol. The summed E-state index contributed by atoms with van der Waals surface area (Å²) in [6, 6.07) is 7.24. The van der Waals surface area contributed by atoms with Crippen molar-refractivity contribution in [1.82, 2.24) is 15.0 Å². The molecule has 1 saturated heterocycles. The van der Waals surface area contributed by atoms with Gasteiger partial charge in [0.05, 0.1) is 11.1 Å². The summed E-state index contributed by atoms with van der Waals surface area (Å²) in [6.07, 6.45) is -10.1. The number of halogens is 9. The van der Waals surface area contributed by atoms with Crippen LogP contribution < -0.4 is 10.5 Å². The van der Waals surface area contributed by atoms with Crippen molar-refractivity contribution < 1.29 is 58.7 Å². The molecule has 0 unspecified atom stereocenters. The van der Waals surface area contributed by atoms with E-state index >= 15 is 0 Å². The largest absolute Gasteiger partial charge is 0.490 e. The smallest absolute Gasteiger partial charge is 0.489 e. The van der Waals surface area contributed by atoms with Crippen molar-refractivity contribution in [1.29, 1.82) is 5.41 Å². The molecule has 1 aliphatic rings. The van der Waals surface area contributed by atoms with Crippen molar-refractivity contribution in [3.8, 4) is 17.1 Å². The summed E-state index contributed by atoms with van der Waals surface area (Å²) >= 11 is 0. The molecule has 1 aromatic heterocycles. The van der Waals surface area contributed by atoms with Gasteiger partial charge in [-0.1, -0.05) is 23.4 Å². The Morgan fingerprint density at radius 3 is 2.25 bits per heavy atom. The summed E-state index contributed by atoms with van der Waals surface area (Å²) in [5.74, 6) is -3.24. The molecule has 0 spiro atoms. The molecule has 0 radical (unpaired) electrons. The minimum atomic E-state index is -5.08. The fourth-order valence-electron chi connectivity index (χ4n) is 3.92. The van der Waals surface area contributed by atoms with Crippen LogP contribution in [0.5, 0.6) is 5.75 Å². The molecule has 44 heavy (non-hydrogen) atoms. The van der Waals surface area contributed by atoms with Crippen LogP contribution in [0.2, 0.25) is 0 Å². The summed E-state index contributed by atoms with van der Waals surface area (Å²) in [5, 5.41) is 18.6. The van der Waals surface area contributed by atoms with Gasteiger partial charge in [-0.3, -0.25) is 5.41 Å². The number of ether oxygens (including phenoxy) is 1. The maximum atomic E-state index is 13.7. The SMILES string of the molecule is N=C(N)N1CCC[C@H]1c1nc(-c2ccc(OCC=Cc3ccc(C(F)(F)F)cc3)c(C(F)(F)F)c2)no1.O=C(O)C(F)(F)F. The Morgan fingerprint density at radius 1 is 1.07 bits per heavy atom. The molecule has 3 aromatic rings. The number of rotatable bonds is 6. The summed E-state index contributed by atoms with van der Waals surface area (Å²) in [6.45, 7) is 0.285. The molecule has 1 aliphatic heterocycles. The van der Waals surface area contributed by atoms with Gasteiger partial charge in [0, 0.05) is 12.1 Å². The average molecular weight is 639 g/mol. The predicted octanol–water partition coefficient (Wildman–Crippen LogP) is 6.53. The van der Waals surface area contributed by atoms with Gasteiger partial charge in [-0.05, 0) is 54.8 Å². The first kappa shape index (κ1) is 33.7. The third-order valence-corrected chi connectivity index (χ3v) is 5.96. The monoisotopic (exact) mass is 639 g/mol. The second kappa shape index (κ2) is 13.3. The molecule has 18 heteroatoms. The topological polar surface area (TPSA) is 139 Å². The van der Waals surface area contributed by atoms with Gasteiger partial charge in [0.2, 0.25) is 11.7 Å². The number of nitrogens with one attached hydrogen (secondary N) is 1. The highest BCUT2D eigenvalue weighted by atomic mass is 19.4. The second-order valence-electron chi connectivity index (χ2n) is 9.04. The molecule has 4 N–H and O–H groups in total. The van der Waals surface area contributed by atoms with E-state index in [0.717, 1.165) is 30.7 Å². The Morgan fingerprint density at radius 2 is 1.70 bits per heavy atom. The van der Waals surface area contributed by atoms with Gasteiger partial charge >= 0.3 is 24.5 Å². The van der Waals surface area contributed by atoms with E-state index in [9.17, 15) is 39.5 Å². The van der Waals surface area contributed by atoms with Gasteiger partial charge in [0.25, 0.3) is 0 Å². The van der Waals surface area contributed by atoms with Crippen molar-refractivity contribution >= 4 is 18.0 Å². The van der Waals surface area contributed by atoms with Gasteiger partial charge in [0.15, 0.2) is 5.96 Å². The average Bonchev–Trinajstić information content (AvgIpc) is 3.60. The molecule has 0 aliphatic carbocycles. The first-order valence-electron chi connectivity index (χ1n) is 12.3. The van der Waals surface area contributed by atoms with Crippen LogP contribution >= 0.6 is 0 Å². The normalized spacial score (nSPS) is 15.7. The summed E-state index contributed by atoms with van der Waals surface area (Å²) < 4.78 is 121. The van der Waals surface area contributed by atoms with Crippen LogP contribution in [0, 0.1) is 5.41 Å². The first-order chi connectivity index (χ1) is 20.4. The number of aromatic nitrogens is 2. The zero-order chi connectivity index (χ0) is 32.9. The van der Waals surface area contributed by atoms with Crippen LogP contribution in [0.4, 0.5) is 39.5 Å². The standard InChI is InChI=1S/C24H21F6N5O2.C2HF3O2/c25-23(26,27)16-8-5-14(6-9-16)3-2-12-36-19-10-7-15(13-17(19)24(28,29)30)20-33-21(37-34-20)18-4-1-11-35(18)22(31)32;3-2(4,5)1(6)7/h2-3,5-10,13,18H,1,4,11-12H2,(H3,31,32);(H,6,7)/t18-;/m0./s1. The molecule has 0 bridgehead atoms. The Balaban J connectivity index is 0.000000676. The Bertz CT molecular complexity index is 1480. The van der Waals surface area contributed by atoms with E-state index in [1.54, 1.807) is 4.90 Å². The first-order valence-corrected chi connectivity index (χ1v) is 12.3. The molecule has 1 fully saturated rings. The fraction of sp³-hybridized carbons (Fsp3) is 0.308. The quantitative estimate of drug-likeness (QED) is 0.157. The Kier molecular flexibility index (Phi) is 10.2. The van der Waals surface area contributed by atoms with E-state index in [2.05, 4.69) is 10.1 Å². The van der Waals surface area contributed by atoms with E-state index in [1.807, 2.05) is 0 Å². The van der Waals surface area contributed by atoms with Crippen LogP contribution in [0.15, 0.2) is 53.1 Å². The van der Waals surface area contributed by atoms with Crippen LogP contribution in [-0.2, 0) is 17.1 Å². The highest BCUT2D eigenvalue weighted by molar-refractivity contribution is 5.75. The van der Waals surface area contributed by atoms with E-state index in [4.69, 9.17) is 30.3 Å². The number of guanidine groups is 1. The second-order valence-corrected chi connectivity index (χ2v) is 9.04. The van der Waals surface area contributed by atoms with E-state index in [1.165, 1.54) is 30.4 Å². The number of carboxylic acid groups (broad SMARTS) is 1. The summed E-state index contributed by atoms with van der Waals surface area (Å²) in [7, 11) is 0. The molecule has 0 saturated carbocycles. The molecule has 238 valence electrons.